The molecule has 7 heteroatoms. The first-order valence-electron chi connectivity index (χ1n) is 6.24. The van der Waals surface area contributed by atoms with Crippen LogP contribution in [0.4, 0.5) is 0 Å². The number of aliphatic carboxylic acids is 1. The van der Waals surface area contributed by atoms with Crippen LogP contribution in [0.5, 0.6) is 11.5 Å². The quantitative estimate of drug-likeness (QED) is 0.489. The van der Waals surface area contributed by atoms with Gasteiger partial charge in [0.2, 0.25) is 0 Å². The number of imidazole rings is 1. The van der Waals surface area contributed by atoms with Crippen LogP contribution in [-0.2, 0) is 11.2 Å². The molecule has 110 valence electrons. The van der Waals surface area contributed by atoms with Gasteiger partial charge in [-0.2, -0.15) is 0 Å². The summed E-state index contributed by atoms with van der Waals surface area (Å²) in [6.07, 6.45) is 3.20. The summed E-state index contributed by atoms with van der Waals surface area (Å²) < 4.78 is 0. The first-order chi connectivity index (χ1) is 9.97. The van der Waals surface area contributed by atoms with Crippen LogP contribution in [0.1, 0.15) is 18.2 Å². The van der Waals surface area contributed by atoms with Crippen molar-refractivity contribution >= 4 is 11.7 Å². The zero-order chi connectivity index (χ0) is 15.4. The third-order valence-electron chi connectivity index (χ3n) is 2.96. The fourth-order valence-corrected chi connectivity index (χ4v) is 1.91. The van der Waals surface area contributed by atoms with Crippen molar-refractivity contribution in [3.8, 4) is 11.5 Å². The van der Waals surface area contributed by atoms with Gasteiger partial charge in [-0.15, -0.1) is 0 Å². The summed E-state index contributed by atoms with van der Waals surface area (Å²) >= 11 is 0. The van der Waals surface area contributed by atoms with E-state index in [2.05, 4.69) is 15.0 Å². The second-order valence-electron chi connectivity index (χ2n) is 4.53. The Labute approximate surface area is 120 Å². The fourth-order valence-electron chi connectivity index (χ4n) is 1.91. The normalized spacial score (nSPS) is 13.1. The van der Waals surface area contributed by atoms with Gasteiger partial charge in [-0.25, -0.2) is 9.78 Å². The summed E-state index contributed by atoms with van der Waals surface area (Å²) in [5, 5.41) is 28.4. The number of H-pyrrole nitrogens is 1. The van der Waals surface area contributed by atoms with Gasteiger partial charge in [0, 0.05) is 23.9 Å². The number of phenolic OH excluding ortho intramolecular Hbond substituents is 2. The number of aromatic nitrogens is 2. The lowest BCUT2D eigenvalue weighted by molar-refractivity contribution is -0.138. The number of carbonyl (C=O) groups is 1. The molecule has 0 fully saturated rings. The fraction of sp³-hybridized carbons (Fsp3) is 0.214. The molecule has 0 aliphatic rings. The van der Waals surface area contributed by atoms with E-state index in [0.717, 1.165) is 0 Å². The topological polar surface area (TPSA) is 119 Å². The molecule has 0 saturated carbocycles. The lowest BCUT2D eigenvalue weighted by Crippen LogP contribution is -2.22. The summed E-state index contributed by atoms with van der Waals surface area (Å²) in [6, 6.07) is 2.98. The van der Waals surface area contributed by atoms with Crippen LogP contribution in [0.2, 0.25) is 0 Å². The molecule has 1 atom stereocenters. The predicted molar refractivity (Wildman–Crippen MR) is 75.7 cm³/mol. The second-order valence-corrected chi connectivity index (χ2v) is 4.53. The van der Waals surface area contributed by atoms with Gasteiger partial charge in [0.05, 0.1) is 12.0 Å². The van der Waals surface area contributed by atoms with Gasteiger partial charge in [-0.1, -0.05) is 0 Å². The molecule has 0 bridgehead atoms. The van der Waals surface area contributed by atoms with Crippen molar-refractivity contribution in [3.05, 3.63) is 42.0 Å². The zero-order valence-corrected chi connectivity index (χ0v) is 11.3. The molecule has 2 aromatic rings. The van der Waals surface area contributed by atoms with Crippen LogP contribution < -0.4 is 0 Å². The standard InChI is InChI=1S/C14H15N3O4/c1-8(11-5-10(18)2-3-13(11)19)17-12(14(20)21)4-9-6-15-7-16-9/h2-3,5-7,12,18-19H,4H2,1H3,(H,15,16)(H,20,21)/b17-8+. The summed E-state index contributed by atoms with van der Waals surface area (Å²) in [5.74, 6) is -1.19. The first-order valence-corrected chi connectivity index (χ1v) is 6.24. The number of nitrogens with zero attached hydrogens (tertiary/aromatic N) is 2. The first kappa shape index (κ1) is 14.6. The Bertz CT molecular complexity index is 665. The highest BCUT2D eigenvalue weighted by Gasteiger charge is 2.19. The molecule has 7 nitrogen and oxygen atoms in total. The Morgan fingerprint density at radius 1 is 1.43 bits per heavy atom. The maximum Gasteiger partial charge on any atom is 0.328 e. The van der Waals surface area contributed by atoms with E-state index >= 15 is 0 Å². The number of aromatic hydroxyl groups is 2. The Morgan fingerprint density at radius 3 is 2.81 bits per heavy atom. The number of aliphatic imine (C=N–C) groups is 1. The number of rotatable bonds is 5. The molecule has 1 unspecified atom stereocenters. The van der Waals surface area contributed by atoms with Crippen LogP contribution in [0.15, 0.2) is 35.7 Å². The molecule has 1 heterocycles. The van der Waals surface area contributed by atoms with Gasteiger partial charge in [0.15, 0.2) is 6.04 Å². The lowest BCUT2D eigenvalue weighted by atomic mass is 10.1. The summed E-state index contributed by atoms with van der Waals surface area (Å²) in [7, 11) is 0. The number of carboxylic acid groups (broad SMARTS) is 1. The highest BCUT2D eigenvalue weighted by molar-refractivity contribution is 6.02. The van der Waals surface area contributed by atoms with Crippen LogP contribution in [0.25, 0.3) is 0 Å². The van der Waals surface area contributed by atoms with Crippen molar-refractivity contribution in [2.45, 2.75) is 19.4 Å². The Hall–Kier alpha value is -2.83. The second kappa shape index (κ2) is 6.08. The van der Waals surface area contributed by atoms with E-state index in [1.54, 1.807) is 13.1 Å². The minimum atomic E-state index is -1.09. The van der Waals surface area contributed by atoms with E-state index in [4.69, 9.17) is 0 Å². The summed E-state index contributed by atoms with van der Waals surface area (Å²) in [4.78, 5) is 22.1. The number of nitrogens with one attached hydrogen (secondary N) is 1. The number of carboxylic acids is 1. The van der Waals surface area contributed by atoms with Crippen molar-refractivity contribution in [2.24, 2.45) is 4.99 Å². The molecule has 0 aliphatic carbocycles. The van der Waals surface area contributed by atoms with E-state index in [1.807, 2.05) is 0 Å². The molecule has 2 rings (SSSR count). The monoisotopic (exact) mass is 289 g/mol. The van der Waals surface area contributed by atoms with Crippen LogP contribution in [-0.4, -0.2) is 43.0 Å². The molecule has 4 N–H and O–H groups in total. The molecule has 0 radical (unpaired) electrons. The van der Waals surface area contributed by atoms with Crippen LogP contribution in [0, 0.1) is 0 Å². The average molecular weight is 289 g/mol. The maximum atomic E-state index is 11.3. The smallest absolute Gasteiger partial charge is 0.328 e. The van der Waals surface area contributed by atoms with E-state index in [0.29, 0.717) is 17.0 Å². The summed E-state index contributed by atoms with van der Waals surface area (Å²) in [5.41, 5.74) is 1.20. The van der Waals surface area contributed by atoms with Gasteiger partial charge in [0.25, 0.3) is 0 Å². The maximum absolute atomic E-state index is 11.3. The lowest BCUT2D eigenvalue weighted by Gasteiger charge is -2.10. The highest BCUT2D eigenvalue weighted by Crippen LogP contribution is 2.23. The van der Waals surface area contributed by atoms with E-state index in [9.17, 15) is 20.1 Å². The summed E-state index contributed by atoms with van der Waals surface area (Å²) in [6.45, 7) is 1.58. The Balaban J connectivity index is 2.28. The molecule has 0 spiro atoms. The third-order valence-corrected chi connectivity index (χ3v) is 2.96. The van der Waals surface area contributed by atoms with Crippen LogP contribution >= 0.6 is 0 Å². The van der Waals surface area contributed by atoms with Crippen molar-refractivity contribution in [3.63, 3.8) is 0 Å². The minimum Gasteiger partial charge on any atom is -0.508 e. The molecule has 0 saturated heterocycles. The van der Waals surface area contributed by atoms with E-state index in [1.165, 1.54) is 24.5 Å². The highest BCUT2D eigenvalue weighted by atomic mass is 16.4. The average Bonchev–Trinajstić information content (AvgIpc) is 2.93. The molecular weight excluding hydrogens is 274 g/mol. The number of aromatic amines is 1. The largest absolute Gasteiger partial charge is 0.508 e. The number of hydrogen-bond donors (Lipinski definition) is 4. The minimum absolute atomic E-state index is 0.0310. The number of phenols is 2. The Morgan fingerprint density at radius 2 is 2.19 bits per heavy atom. The van der Waals surface area contributed by atoms with Crippen LogP contribution in [0.3, 0.4) is 0 Å². The molecular formula is C14H15N3O4. The molecule has 1 aromatic carbocycles. The Kier molecular flexibility index (Phi) is 4.22. The predicted octanol–water partition coefficient (Wildman–Crippen LogP) is 1.33. The molecule has 0 amide bonds. The molecule has 21 heavy (non-hydrogen) atoms. The number of hydrogen-bond acceptors (Lipinski definition) is 5. The van der Waals surface area contributed by atoms with Gasteiger partial charge in [-0.05, 0) is 25.1 Å². The molecule has 0 aliphatic heterocycles. The molecule has 1 aromatic heterocycles. The van der Waals surface area contributed by atoms with E-state index in [-0.39, 0.29) is 17.9 Å². The van der Waals surface area contributed by atoms with Crippen molar-refractivity contribution < 1.29 is 20.1 Å². The number of benzene rings is 1. The third kappa shape index (κ3) is 3.59. The zero-order valence-electron chi connectivity index (χ0n) is 11.3. The van der Waals surface area contributed by atoms with Gasteiger partial charge in [0.1, 0.15) is 11.5 Å². The van der Waals surface area contributed by atoms with Crippen molar-refractivity contribution in [1.82, 2.24) is 9.97 Å². The SMILES string of the molecule is C/C(=N\C(Cc1c[nH]cn1)C(=O)O)c1cc(O)ccc1O. The van der Waals surface area contributed by atoms with Gasteiger partial charge in [-0.3, -0.25) is 4.99 Å². The van der Waals surface area contributed by atoms with E-state index < -0.39 is 12.0 Å². The van der Waals surface area contributed by atoms with Crippen molar-refractivity contribution in [1.29, 1.82) is 0 Å². The van der Waals surface area contributed by atoms with Crippen molar-refractivity contribution in [2.75, 3.05) is 0 Å². The van der Waals surface area contributed by atoms with Gasteiger partial charge >= 0.3 is 5.97 Å². The van der Waals surface area contributed by atoms with Gasteiger partial charge < -0.3 is 20.3 Å².